The van der Waals surface area contributed by atoms with Crippen molar-refractivity contribution >= 4 is 15.9 Å². The number of halogens is 2. The van der Waals surface area contributed by atoms with Crippen molar-refractivity contribution in [3.8, 4) is 5.69 Å². The topological polar surface area (TPSA) is 43.6 Å². The van der Waals surface area contributed by atoms with Gasteiger partial charge < -0.3 is 0 Å². The average Bonchev–Trinajstić information content (AvgIpc) is 2.71. The maximum absolute atomic E-state index is 13.3. The number of aryl methyl sites for hydroxylation is 2. The molecule has 1 heterocycles. The van der Waals surface area contributed by atoms with E-state index in [1.165, 1.54) is 6.07 Å². The Morgan fingerprint density at radius 2 is 2.19 bits per heavy atom. The quantitative estimate of drug-likeness (QED) is 0.851. The Labute approximate surface area is 101 Å². The van der Waals surface area contributed by atoms with Crippen LogP contribution in [0.2, 0.25) is 0 Å². The minimum atomic E-state index is -0.285. The van der Waals surface area contributed by atoms with Gasteiger partial charge in [-0.15, -0.1) is 5.10 Å². The molecule has 1 aromatic heterocycles. The lowest BCUT2D eigenvalue weighted by Gasteiger charge is -2.08. The molecule has 0 atom stereocenters. The molecule has 0 aliphatic heterocycles. The van der Waals surface area contributed by atoms with E-state index in [0.29, 0.717) is 4.47 Å². The molecule has 0 spiro atoms. The lowest BCUT2D eigenvalue weighted by molar-refractivity contribution is 0.618. The minimum Gasteiger partial charge on any atom is -0.206 e. The molecule has 0 N–H and O–H groups in total. The number of hydrogen-bond donors (Lipinski definition) is 0. The van der Waals surface area contributed by atoms with Gasteiger partial charge in [-0.05, 0) is 51.0 Å². The summed E-state index contributed by atoms with van der Waals surface area (Å²) in [5.41, 5.74) is 1.58. The molecule has 0 bridgehead atoms. The molecule has 0 unspecified atom stereocenters. The van der Waals surface area contributed by atoms with Crippen LogP contribution in [0, 0.1) is 12.7 Å². The zero-order valence-electron chi connectivity index (χ0n) is 8.91. The molecule has 2 aromatic rings. The third-order valence-electron chi connectivity index (χ3n) is 2.32. The Morgan fingerprint density at radius 1 is 1.44 bits per heavy atom. The van der Waals surface area contributed by atoms with Crippen LogP contribution in [0.3, 0.4) is 0 Å². The van der Waals surface area contributed by atoms with Gasteiger partial charge in [0.15, 0.2) is 5.82 Å². The maximum Gasteiger partial charge on any atom is 0.156 e. The van der Waals surface area contributed by atoms with Gasteiger partial charge in [0, 0.05) is 6.42 Å². The van der Waals surface area contributed by atoms with Crippen LogP contribution < -0.4 is 0 Å². The van der Waals surface area contributed by atoms with Crippen LogP contribution in [0.4, 0.5) is 4.39 Å². The highest BCUT2D eigenvalue weighted by atomic mass is 79.9. The number of rotatable bonds is 2. The highest BCUT2D eigenvalue weighted by molar-refractivity contribution is 9.10. The van der Waals surface area contributed by atoms with Gasteiger partial charge in [0.05, 0.1) is 10.2 Å². The fourth-order valence-corrected chi connectivity index (χ4v) is 1.81. The number of aromatic nitrogens is 4. The highest BCUT2D eigenvalue weighted by Gasteiger charge is 2.11. The van der Waals surface area contributed by atoms with Gasteiger partial charge >= 0.3 is 0 Å². The molecule has 0 aliphatic carbocycles. The fourth-order valence-electron chi connectivity index (χ4n) is 1.48. The summed E-state index contributed by atoms with van der Waals surface area (Å²) < 4.78 is 15.3. The third kappa shape index (κ3) is 1.84. The van der Waals surface area contributed by atoms with E-state index in [-0.39, 0.29) is 5.82 Å². The Balaban J connectivity index is 2.60. The molecule has 0 amide bonds. The standard InChI is InChI=1S/C10H10BrFN4/c1-3-10-13-14-15-16(10)9-5-7(11)8(12)4-6(9)2/h4-5H,3H2,1-2H3. The van der Waals surface area contributed by atoms with Gasteiger partial charge in [0.2, 0.25) is 0 Å². The van der Waals surface area contributed by atoms with Crippen LogP contribution in [0.5, 0.6) is 0 Å². The van der Waals surface area contributed by atoms with Crippen molar-refractivity contribution in [3.63, 3.8) is 0 Å². The first-order valence-corrected chi connectivity index (χ1v) is 5.66. The van der Waals surface area contributed by atoms with Crippen molar-refractivity contribution in [3.05, 3.63) is 33.8 Å². The van der Waals surface area contributed by atoms with Gasteiger partial charge in [0.25, 0.3) is 0 Å². The molecule has 0 radical (unpaired) electrons. The zero-order chi connectivity index (χ0) is 11.7. The van der Waals surface area contributed by atoms with E-state index in [2.05, 4.69) is 31.5 Å². The Hall–Kier alpha value is -1.30. The summed E-state index contributed by atoms with van der Waals surface area (Å²) in [6.07, 6.45) is 0.724. The molecule has 2 rings (SSSR count). The average molecular weight is 285 g/mol. The van der Waals surface area contributed by atoms with Crippen LogP contribution in [0.25, 0.3) is 5.69 Å². The zero-order valence-corrected chi connectivity index (χ0v) is 10.5. The first-order chi connectivity index (χ1) is 7.63. The van der Waals surface area contributed by atoms with Crippen molar-refractivity contribution in [2.24, 2.45) is 0 Å². The monoisotopic (exact) mass is 284 g/mol. The summed E-state index contributed by atoms with van der Waals surface area (Å²) in [6, 6.07) is 3.14. The van der Waals surface area contributed by atoms with E-state index in [4.69, 9.17) is 0 Å². The molecule has 0 fully saturated rings. The summed E-state index contributed by atoms with van der Waals surface area (Å²) in [7, 11) is 0. The maximum atomic E-state index is 13.3. The van der Waals surface area contributed by atoms with E-state index < -0.39 is 0 Å². The summed E-state index contributed by atoms with van der Waals surface area (Å²) >= 11 is 3.16. The molecule has 1 aromatic carbocycles. The molecule has 16 heavy (non-hydrogen) atoms. The summed E-state index contributed by atoms with van der Waals surface area (Å²) in [4.78, 5) is 0. The van der Waals surface area contributed by atoms with E-state index in [1.807, 2.05) is 13.8 Å². The largest absolute Gasteiger partial charge is 0.206 e. The predicted octanol–water partition coefficient (Wildman–Crippen LogP) is 2.43. The number of tetrazole rings is 1. The molecular weight excluding hydrogens is 275 g/mol. The normalized spacial score (nSPS) is 10.8. The number of nitrogens with zero attached hydrogens (tertiary/aromatic N) is 4. The summed E-state index contributed by atoms with van der Waals surface area (Å²) in [5.74, 6) is 0.467. The van der Waals surface area contributed by atoms with Crippen molar-refractivity contribution in [2.45, 2.75) is 20.3 Å². The molecule has 4 nitrogen and oxygen atoms in total. The highest BCUT2D eigenvalue weighted by Crippen LogP contribution is 2.23. The van der Waals surface area contributed by atoms with Crippen LogP contribution in [0.15, 0.2) is 16.6 Å². The van der Waals surface area contributed by atoms with Crippen LogP contribution in [0.1, 0.15) is 18.3 Å². The Morgan fingerprint density at radius 3 is 2.88 bits per heavy atom. The van der Waals surface area contributed by atoms with Crippen LogP contribution in [-0.2, 0) is 6.42 Å². The van der Waals surface area contributed by atoms with Crippen molar-refractivity contribution < 1.29 is 4.39 Å². The van der Waals surface area contributed by atoms with Crippen LogP contribution in [-0.4, -0.2) is 20.2 Å². The number of hydrogen-bond acceptors (Lipinski definition) is 3. The fraction of sp³-hybridized carbons (Fsp3) is 0.300. The van der Waals surface area contributed by atoms with Gasteiger partial charge in [0.1, 0.15) is 5.82 Å². The van der Waals surface area contributed by atoms with Gasteiger partial charge in [-0.3, -0.25) is 0 Å². The molecule has 6 heteroatoms. The lowest BCUT2D eigenvalue weighted by Crippen LogP contribution is -2.04. The first kappa shape index (κ1) is 11.2. The molecule has 0 saturated heterocycles. The molecule has 0 aliphatic rings. The Bertz CT molecular complexity index is 524. The van der Waals surface area contributed by atoms with E-state index in [0.717, 1.165) is 23.5 Å². The third-order valence-corrected chi connectivity index (χ3v) is 2.93. The number of benzene rings is 1. The smallest absolute Gasteiger partial charge is 0.156 e. The van der Waals surface area contributed by atoms with Gasteiger partial charge in [-0.25, -0.2) is 4.39 Å². The second-order valence-corrected chi connectivity index (χ2v) is 4.27. The van der Waals surface area contributed by atoms with E-state index in [1.54, 1.807) is 10.7 Å². The minimum absolute atomic E-state index is 0.285. The molecule has 84 valence electrons. The van der Waals surface area contributed by atoms with E-state index >= 15 is 0 Å². The summed E-state index contributed by atoms with van der Waals surface area (Å²) in [5, 5.41) is 11.4. The van der Waals surface area contributed by atoms with Gasteiger partial charge in [-0.1, -0.05) is 6.92 Å². The van der Waals surface area contributed by atoms with Crippen molar-refractivity contribution in [1.82, 2.24) is 20.2 Å². The molecular formula is C10H10BrFN4. The van der Waals surface area contributed by atoms with Gasteiger partial charge in [-0.2, -0.15) is 4.68 Å². The predicted molar refractivity (Wildman–Crippen MR) is 60.9 cm³/mol. The summed E-state index contributed by atoms with van der Waals surface area (Å²) in [6.45, 7) is 3.79. The van der Waals surface area contributed by atoms with Crippen molar-refractivity contribution in [2.75, 3.05) is 0 Å². The lowest BCUT2D eigenvalue weighted by atomic mass is 10.2. The second kappa shape index (κ2) is 4.29. The second-order valence-electron chi connectivity index (χ2n) is 3.41. The van der Waals surface area contributed by atoms with E-state index in [9.17, 15) is 4.39 Å². The Kier molecular flexibility index (Phi) is 3.00. The van der Waals surface area contributed by atoms with Crippen molar-refractivity contribution in [1.29, 1.82) is 0 Å². The molecule has 0 saturated carbocycles. The first-order valence-electron chi connectivity index (χ1n) is 4.86. The van der Waals surface area contributed by atoms with Crippen LogP contribution >= 0.6 is 15.9 Å². The SMILES string of the molecule is CCc1nnnn1-c1cc(Br)c(F)cc1C.